The number of para-hydroxylation sites is 1. The van der Waals surface area contributed by atoms with Crippen LogP contribution in [-0.4, -0.2) is 35.3 Å². The summed E-state index contributed by atoms with van der Waals surface area (Å²) in [5.74, 6) is -0.140. The number of rotatable bonds is 7. The molecule has 0 spiro atoms. The fourth-order valence-electron chi connectivity index (χ4n) is 4.42. The standard InChI is InChI=1S/C24H29N3O3/c1-26-20-11-7-6-10-18(20)21-19(16-27(14-15-30-2)24(29)22(21)26)23(28)25-13-12-17-8-4-3-5-9-17/h6-8,10-11,16H,3-5,9,12-15H2,1-2H3,(H,25,28). The van der Waals surface area contributed by atoms with Gasteiger partial charge in [0, 0.05) is 49.7 Å². The molecule has 2 heterocycles. The fourth-order valence-corrected chi connectivity index (χ4v) is 4.42. The molecule has 0 fully saturated rings. The zero-order valence-corrected chi connectivity index (χ0v) is 17.7. The Labute approximate surface area is 176 Å². The average molecular weight is 408 g/mol. The van der Waals surface area contributed by atoms with Gasteiger partial charge >= 0.3 is 0 Å². The number of hydrogen-bond acceptors (Lipinski definition) is 3. The third kappa shape index (κ3) is 3.79. The molecule has 0 radical (unpaired) electrons. The highest BCUT2D eigenvalue weighted by Gasteiger charge is 2.21. The zero-order chi connectivity index (χ0) is 21.1. The first kappa shape index (κ1) is 20.4. The minimum atomic E-state index is -0.140. The van der Waals surface area contributed by atoms with Gasteiger partial charge in [0.2, 0.25) is 0 Å². The van der Waals surface area contributed by atoms with E-state index in [1.165, 1.54) is 18.4 Å². The molecule has 0 saturated heterocycles. The average Bonchev–Trinajstić information content (AvgIpc) is 3.07. The molecule has 1 aliphatic carbocycles. The molecule has 6 nitrogen and oxygen atoms in total. The number of methoxy groups -OCH3 is 1. The molecule has 30 heavy (non-hydrogen) atoms. The summed E-state index contributed by atoms with van der Waals surface area (Å²) >= 11 is 0. The summed E-state index contributed by atoms with van der Waals surface area (Å²) in [6, 6.07) is 7.84. The third-order valence-corrected chi connectivity index (χ3v) is 6.02. The molecule has 0 atom stereocenters. The molecule has 0 unspecified atom stereocenters. The van der Waals surface area contributed by atoms with Crippen molar-refractivity contribution < 1.29 is 9.53 Å². The minimum absolute atomic E-state index is 0.107. The lowest BCUT2D eigenvalue weighted by Crippen LogP contribution is -2.29. The highest BCUT2D eigenvalue weighted by molar-refractivity contribution is 6.17. The molecule has 4 rings (SSSR count). The summed E-state index contributed by atoms with van der Waals surface area (Å²) in [4.78, 5) is 26.4. The number of benzene rings is 1. The van der Waals surface area contributed by atoms with Crippen LogP contribution in [-0.2, 0) is 18.3 Å². The number of nitrogens with one attached hydrogen (secondary N) is 1. The highest BCUT2D eigenvalue weighted by atomic mass is 16.5. The molecule has 0 saturated carbocycles. The van der Waals surface area contributed by atoms with Crippen molar-refractivity contribution in [2.24, 2.45) is 7.05 Å². The van der Waals surface area contributed by atoms with Gasteiger partial charge in [-0.2, -0.15) is 0 Å². The first-order valence-corrected chi connectivity index (χ1v) is 10.7. The quantitative estimate of drug-likeness (QED) is 0.607. The van der Waals surface area contributed by atoms with Crippen molar-refractivity contribution in [2.75, 3.05) is 20.3 Å². The van der Waals surface area contributed by atoms with Crippen LogP contribution in [0.15, 0.2) is 46.9 Å². The normalized spacial score (nSPS) is 14.3. The van der Waals surface area contributed by atoms with Gasteiger partial charge in [-0.05, 0) is 38.2 Å². The SMILES string of the molecule is COCCn1cc(C(=O)NCCC2=CCCCC2)c2c3ccccc3n(C)c2c1=O. The predicted molar refractivity (Wildman–Crippen MR) is 120 cm³/mol. The highest BCUT2D eigenvalue weighted by Crippen LogP contribution is 2.29. The lowest BCUT2D eigenvalue weighted by Gasteiger charge is -2.14. The molecule has 1 aromatic carbocycles. The Morgan fingerprint density at radius 2 is 2.07 bits per heavy atom. The zero-order valence-electron chi connectivity index (χ0n) is 17.7. The van der Waals surface area contributed by atoms with Crippen LogP contribution < -0.4 is 10.9 Å². The maximum absolute atomic E-state index is 13.2. The molecule has 158 valence electrons. The van der Waals surface area contributed by atoms with Crippen molar-refractivity contribution in [1.29, 1.82) is 0 Å². The maximum atomic E-state index is 13.2. The second-order valence-electron chi connectivity index (χ2n) is 7.95. The monoisotopic (exact) mass is 407 g/mol. The molecule has 6 heteroatoms. The van der Waals surface area contributed by atoms with Crippen LogP contribution in [0, 0.1) is 0 Å². The molecule has 1 aliphatic rings. The van der Waals surface area contributed by atoms with Gasteiger partial charge in [0.15, 0.2) is 0 Å². The van der Waals surface area contributed by atoms with E-state index < -0.39 is 0 Å². The number of allylic oxidation sites excluding steroid dienone is 1. The maximum Gasteiger partial charge on any atom is 0.275 e. The first-order chi connectivity index (χ1) is 14.6. The Morgan fingerprint density at radius 3 is 2.83 bits per heavy atom. The Hall–Kier alpha value is -2.86. The summed E-state index contributed by atoms with van der Waals surface area (Å²) in [5.41, 5.74) is 3.35. The van der Waals surface area contributed by atoms with Crippen molar-refractivity contribution in [3.8, 4) is 0 Å². The second kappa shape index (κ2) is 8.88. The van der Waals surface area contributed by atoms with E-state index in [1.807, 2.05) is 35.9 Å². The second-order valence-corrected chi connectivity index (χ2v) is 7.95. The van der Waals surface area contributed by atoms with Crippen LogP contribution in [0.4, 0.5) is 0 Å². The van der Waals surface area contributed by atoms with E-state index in [-0.39, 0.29) is 11.5 Å². The van der Waals surface area contributed by atoms with Gasteiger partial charge in [0.25, 0.3) is 11.5 Å². The van der Waals surface area contributed by atoms with Crippen molar-refractivity contribution in [2.45, 2.75) is 38.6 Å². The summed E-state index contributed by atoms with van der Waals surface area (Å²) in [7, 11) is 3.48. The Kier molecular flexibility index (Phi) is 6.04. The number of ether oxygens (including phenoxy) is 1. The smallest absolute Gasteiger partial charge is 0.275 e. The Bertz CT molecular complexity index is 1170. The lowest BCUT2D eigenvalue weighted by atomic mass is 9.97. The molecule has 0 aliphatic heterocycles. The van der Waals surface area contributed by atoms with Crippen LogP contribution in [0.3, 0.4) is 0 Å². The number of aryl methyl sites for hydroxylation is 1. The van der Waals surface area contributed by atoms with E-state index in [9.17, 15) is 9.59 Å². The van der Waals surface area contributed by atoms with Gasteiger partial charge in [-0.3, -0.25) is 9.59 Å². The van der Waals surface area contributed by atoms with Crippen molar-refractivity contribution in [3.63, 3.8) is 0 Å². The number of carbonyl (C=O) groups is 1. The number of hydrogen-bond donors (Lipinski definition) is 1. The van der Waals surface area contributed by atoms with Crippen LogP contribution in [0.25, 0.3) is 21.8 Å². The third-order valence-electron chi connectivity index (χ3n) is 6.02. The van der Waals surface area contributed by atoms with E-state index in [0.717, 1.165) is 35.6 Å². The van der Waals surface area contributed by atoms with Gasteiger partial charge in [0.1, 0.15) is 5.52 Å². The molecule has 3 aromatic rings. The van der Waals surface area contributed by atoms with Crippen LogP contribution in [0.2, 0.25) is 0 Å². The van der Waals surface area contributed by atoms with Crippen LogP contribution >= 0.6 is 0 Å². The molecular weight excluding hydrogens is 378 g/mol. The minimum Gasteiger partial charge on any atom is -0.383 e. The van der Waals surface area contributed by atoms with Crippen molar-refractivity contribution in [1.82, 2.24) is 14.5 Å². The van der Waals surface area contributed by atoms with Crippen LogP contribution in [0.1, 0.15) is 42.5 Å². The van der Waals surface area contributed by atoms with Gasteiger partial charge in [-0.25, -0.2) is 0 Å². The van der Waals surface area contributed by atoms with E-state index in [1.54, 1.807) is 17.9 Å². The molecule has 1 amide bonds. The number of nitrogens with zero attached hydrogens (tertiary/aromatic N) is 2. The molecule has 0 bridgehead atoms. The number of aromatic nitrogens is 2. The summed E-state index contributed by atoms with van der Waals surface area (Å²) in [6.45, 7) is 1.42. The van der Waals surface area contributed by atoms with Crippen LogP contribution in [0.5, 0.6) is 0 Å². The summed E-state index contributed by atoms with van der Waals surface area (Å²) in [5, 5.41) is 4.73. The van der Waals surface area contributed by atoms with E-state index >= 15 is 0 Å². The summed E-state index contributed by atoms with van der Waals surface area (Å²) in [6.07, 6.45) is 9.65. The molecular formula is C24H29N3O3. The van der Waals surface area contributed by atoms with Gasteiger partial charge in [-0.15, -0.1) is 0 Å². The predicted octanol–water partition coefficient (Wildman–Crippen LogP) is 3.76. The molecule has 2 aromatic heterocycles. The van der Waals surface area contributed by atoms with Gasteiger partial charge in [0.05, 0.1) is 12.2 Å². The topological polar surface area (TPSA) is 65.3 Å². The molecule has 1 N–H and O–H groups in total. The summed E-state index contributed by atoms with van der Waals surface area (Å²) < 4.78 is 8.64. The Morgan fingerprint density at radius 1 is 1.23 bits per heavy atom. The van der Waals surface area contributed by atoms with Gasteiger partial charge < -0.3 is 19.2 Å². The van der Waals surface area contributed by atoms with E-state index in [4.69, 9.17) is 4.74 Å². The van der Waals surface area contributed by atoms with Crippen molar-refractivity contribution in [3.05, 3.63) is 58.0 Å². The van der Waals surface area contributed by atoms with E-state index in [0.29, 0.717) is 30.8 Å². The number of pyridine rings is 1. The Balaban J connectivity index is 1.74. The largest absolute Gasteiger partial charge is 0.383 e. The number of carbonyl (C=O) groups excluding carboxylic acids is 1. The first-order valence-electron chi connectivity index (χ1n) is 10.7. The number of fused-ring (bicyclic) bond motifs is 3. The fraction of sp³-hybridized carbons (Fsp3) is 0.417. The van der Waals surface area contributed by atoms with Gasteiger partial charge in [-0.1, -0.05) is 29.8 Å². The lowest BCUT2D eigenvalue weighted by molar-refractivity contribution is 0.0954. The van der Waals surface area contributed by atoms with E-state index in [2.05, 4.69) is 11.4 Å². The number of amides is 1. The van der Waals surface area contributed by atoms with Crippen molar-refractivity contribution >= 4 is 27.7 Å².